The molecule has 0 aliphatic heterocycles. The molecular formula is C9H8ClF3O2. The molecule has 84 valence electrons. The van der Waals surface area contributed by atoms with Crippen LogP contribution in [0.3, 0.4) is 0 Å². The first-order valence-corrected chi connectivity index (χ1v) is 4.41. The van der Waals surface area contributed by atoms with Gasteiger partial charge in [-0.1, -0.05) is 17.7 Å². The van der Waals surface area contributed by atoms with Crippen LogP contribution in [0.15, 0.2) is 18.2 Å². The minimum absolute atomic E-state index is 0.00157. The van der Waals surface area contributed by atoms with E-state index in [9.17, 15) is 18.3 Å². The van der Waals surface area contributed by atoms with Gasteiger partial charge in [-0.05, 0) is 12.1 Å². The third-order valence-corrected chi connectivity index (χ3v) is 2.22. The lowest BCUT2D eigenvalue weighted by Crippen LogP contribution is -2.30. The van der Waals surface area contributed by atoms with Gasteiger partial charge in [0.15, 0.2) is 6.10 Å². The van der Waals surface area contributed by atoms with Crippen LogP contribution in [0.1, 0.15) is 5.56 Å². The molecule has 0 saturated carbocycles. The molecule has 0 bridgehead atoms. The van der Waals surface area contributed by atoms with Crippen LogP contribution in [0.4, 0.5) is 13.2 Å². The van der Waals surface area contributed by atoms with Gasteiger partial charge in [-0.25, -0.2) is 0 Å². The summed E-state index contributed by atoms with van der Waals surface area (Å²) >= 11 is 5.59. The van der Waals surface area contributed by atoms with Crippen LogP contribution in [0.25, 0.3) is 0 Å². The number of phenolic OH excluding ortho intramolecular Hbond substituents is 1. The average molecular weight is 241 g/mol. The zero-order valence-electron chi connectivity index (χ0n) is 7.42. The molecule has 2 nitrogen and oxygen atoms in total. The molecule has 0 saturated heterocycles. The molecule has 0 radical (unpaired) electrons. The van der Waals surface area contributed by atoms with Crippen LogP contribution in [-0.4, -0.2) is 22.5 Å². The van der Waals surface area contributed by atoms with E-state index >= 15 is 0 Å². The summed E-state index contributed by atoms with van der Waals surface area (Å²) in [7, 11) is 0. The lowest BCUT2D eigenvalue weighted by molar-refractivity contribution is -0.203. The molecule has 0 heterocycles. The monoisotopic (exact) mass is 240 g/mol. The molecule has 1 aromatic carbocycles. The average Bonchev–Trinajstić information content (AvgIpc) is 2.09. The normalized spacial score (nSPS) is 13.9. The van der Waals surface area contributed by atoms with Crippen LogP contribution in [-0.2, 0) is 6.42 Å². The van der Waals surface area contributed by atoms with Crippen LogP contribution in [0.5, 0.6) is 5.75 Å². The van der Waals surface area contributed by atoms with Crippen LogP contribution < -0.4 is 0 Å². The molecular weight excluding hydrogens is 233 g/mol. The molecule has 6 heteroatoms. The number of aromatic hydroxyl groups is 1. The standard InChI is InChI=1S/C9H8ClF3O2/c10-6-2-1-3-7(14)5(6)4-8(15)9(11,12)13/h1-3,8,14-15H,4H2. The third kappa shape index (κ3) is 3.00. The number of aliphatic hydroxyl groups is 1. The number of rotatable bonds is 2. The maximum Gasteiger partial charge on any atom is 0.414 e. The smallest absolute Gasteiger partial charge is 0.414 e. The highest BCUT2D eigenvalue weighted by atomic mass is 35.5. The number of alkyl halides is 3. The van der Waals surface area contributed by atoms with Gasteiger partial charge in [0, 0.05) is 17.0 Å². The van der Waals surface area contributed by atoms with E-state index in [0.29, 0.717) is 0 Å². The summed E-state index contributed by atoms with van der Waals surface area (Å²) in [6, 6.07) is 3.96. The van der Waals surface area contributed by atoms with Crippen molar-refractivity contribution >= 4 is 11.6 Å². The van der Waals surface area contributed by atoms with Crippen molar-refractivity contribution in [1.29, 1.82) is 0 Å². The van der Waals surface area contributed by atoms with Gasteiger partial charge >= 0.3 is 6.18 Å². The van der Waals surface area contributed by atoms with E-state index in [1.54, 1.807) is 0 Å². The highest BCUT2D eigenvalue weighted by Gasteiger charge is 2.38. The van der Waals surface area contributed by atoms with Crippen molar-refractivity contribution in [3.8, 4) is 5.75 Å². The highest BCUT2D eigenvalue weighted by Crippen LogP contribution is 2.30. The summed E-state index contributed by atoms with van der Waals surface area (Å²) in [5.74, 6) is -0.356. The summed E-state index contributed by atoms with van der Waals surface area (Å²) in [6.07, 6.45) is -8.00. The van der Waals surface area contributed by atoms with Crippen molar-refractivity contribution in [2.24, 2.45) is 0 Å². The molecule has 0 amide bonds. The number of benzene rings is 1. The Morgan fingerprint density at radius 1 is 1.33 bits per heavy atom. The zero-order chi connectivity index (χ0) is 11.6. The summed E-state index contributed by atoms with van der Waals surface area (Å²) in [4.78, 5) is 0. The van der Waals surface area contributed by atoms with E-state index in [-0.39, 0.29) is 16.3 Å². The fourth-order valence-electron chi connectivity index (χ4n) is 1.06. The SMILES string of the molecule is Oc1cccc(Cl)c1CC(O)C(F)(F)F. The Labute approximate surface area is 88.9 Å². The second-order valence-corrected chi connectivity index (χ2v) is 3.41. The first kappa shape index (κ1) is 12.1. The fourth-order valence-corrected chi connectivity index (χ4v) is 1.31. The molecule has 2 N–H and O–H groups in total. The van der Waals surface area contributed by atoms with Crippen molar-refractivity contribution in [3.63, 3.8) is 0 Å². The third-order valence-electron chi connectivity index (χ3n) is 1.87. The Bertz CT molecular complexity index is 331. The van der Waals surface area contributed by atoms with Gasteiger partial charge in [-0.2, -0.15) is 13.2 Å². The maximum atomic E-state index is 12.0. The predicted octanol–water partition coefficient (Wildman–Crippen LogP) is 2.51. The molecule has 1 unspecified atom stereocenters. The van der Waals surface area contributed by atoms with E-state index in [0.717, 1.165) is 0 Å². The van der Waals surface area contributed by atoms with Crippen molar-refractivity contribution in [3.05, 3.63) is 28.8 Å². The lowest BCUT2D eigenvalue weighted by Gasteiger charge is -2.15. The van der Waals surface area contributed by atoms with Crippen molar-refractivity contribution in [1.82, 2.24) is 0 Å². The van der Waals surface area contributed by atoms with Crippen LogP contribution in [0.2, 0.25) is 5.02 Å². The number of hydrogen-bond acceptors (Lipinski definition) is 2. The molecule has 1 aromatic rings. The van der Waals surface area contributed by atoms with E-state index in [1.807, 2.05) is 0 Å². The Morgan fingerprint density at radius 2 is 1.93 bits per heavy atom. The van der Waals surface area contributed by atoms with Crippen molar-refractivity contribution in [2.75, 3.05) is 0 Å². The Morgan fingerprint density at radius 3 is 2.40 bits per heavy atom. The fraction of sp³-hybridized carbons (Fsp3) is 0.333. The van der Waals surface area contributed by atoms with Gasteiger partial charge < -0.3 is 10.2 Å². The molecule has 15 heavy (non-hydrogen) atoms. The summed E-state index contributed by atoms with van der Waals surface area (Å²) < 4.78 is 36.1. The molecule has 1 atom stereocenters. The van der Waals surface area contributed by atoms with Crippen molar-refractivity contribution in [2.45, 2.75) is 18.7 Å². The largest absolute Gasteiger partial charge is 0.508 e. The minimum atomic E-state index is -4.72. The second-order valence-electron chi connectivity index (χ2n) is 3.00. The minimum Gasteiger partial charge on any atom is -0.508 e. The van der Waals surface area contributed by atoms with E-state index < -0.39 is 18.7 Å². The molecule has 0 aliphatic rings. The zero-order valence-corrected chi connectivity index (χ0v) is 8.18. The van der Waals surface area contributed by atoms with Crippen LogP contribution >= 0.6 is 11.6 Å². The number of phenols is 1. The number of aliphatic hydroxyl groups excluding tert-OH is 1. The predicted molar refractivity (Wildman–Crippen MR) is 48.9 cm³/mol. The first-order valence-electron chi connectivity index (χ1n) is 4.03. The topological polar surface area (TPSA) is 40.5 Å². The van der Waals surface area contributed by atoms with E-state index in [1.165, 1.54) is 18.2 Å². The molecule has 0 aromatic heterocycles. The molecule has 0 fully saturated rings. The van der Waals surface area contributed by atoms with Gasteiger partial charge in [-0.15, -0.1) is 0 Å². The van der Waals surface area contributed by atoms with Crippen LogP contribution in [0, 0.1) is 0 Å². The number of halogens is 4. The highest BCUT2D eigenvalue weighted by molar-refractivity contribution is 6.31. The summed E-state index contributed by atoms with van der Waals surface area (Å²) in [5, 5.41) is 18.0. The van der Waals surface area contributed by atoms with Gasteiger partial charge in [0.1, 0.15) is 5.75 Å². The van der Waals surface area contributed by atoms with E-state index in [2.05, 4.69) is 0 Å². The van der Waals surface area contributed by atoms with Gasteiger partial charge in [0.25, 0.3) is 0 Å². The van der Waals surface area contributed by atoms with Gasteiger partial charge in [-0.3, -0.25) is 0 Å². The van der Waals surface area contributed by atoms with Crippen molar-refractivity contribution < 1.29 is 23.4 Å². The Kier molecular flexibility index (Phi) is 3.46. The van der Waals surface area contributed by atoms with Gasteiger partial charge in [0.05, 0.1) is 0 Å². The number of hydrogen-bond donors (Lipinski definition) is 2. The Hall–Kier alpha value is -0.940. The lowest BCUT2D eigenvalue weighted by atomic mass is 10.1. The molecule has 0 aliphatic carbocycles. The molecule has 0 spiro atoms. The maximum absolute atomic E-state index is 12.0. The summed E-state index contributed by atoms with van der Waals surface area (Å²) in [6.45, 7) is 0. The quantitative estimate of drug-likeness (QED) is 0.834. The molecule has 1 rings (SSSR count). The van der Waals surface area contributed by atoms with Gasteiger partial charge in [0.2, 0.25) is 0 Å². The van der Waals surface area contributed by atoms with E-state index in [4.69, 9.17) is 16.7 Å². The summed E-state index contributed by atoms with van der Waals surface area (Å²) in [5.41, 5.74) is -0.107. The Balaban J connectivity index is 2.90. The second kappa shape index (κ2) is 4.28. The first-order chi connectivity index (χ1) is 6.82.